The number of allylic oxidation sites excluding steroid dienone is 2. The van der Waals surface area contributed by atoms with Crippen molar-refractivity contribution in [1.82, 2.24) is 25.4 Å². The van der Waals surface area contributed by atoms with Crippen LogP contribution in [0, 0.1) is 5.82 Å². The third-order valence-corrected chi connectivity index (χ3v) is 12.2. The van der Waals surface area contributed by atoms with E-state index in [2.05, 4.69) is 26.9 Å². The minimum atomic E-state index is -0.859. The lowest BCUT2D eigenvalue weighted by Gasteiger charge is -2.37. The van der Waals surface area contributed by atoms with Crippen molar-refractivity contribution in [1.29, 1.82) is 0 Å². The van der Waals surface area contributed by atoms with Crippen LogP contribution in [0.25, 0.3) is 15.7 Å². The molecule has 1 aliphatic carbocycles. The Hall–Kier alpha value is -5.96. The van der Waals surface area contributed by atoms with Crippen molar-refractivity contribution >= 4 is 44.9 Å². The summed E-state index contributed by atoms with van der Waals surface area (Å²) in [7, 11) is 1.68. The maximum atomic E-state index is 14.6. The van der Waals surface area contributed by atoms with Crippen molar-refractivity contribution in [3.05, 3.63) is 122 Å². The molecular weight excluding hydrogens is 776 g/mol. The first-order chi connectivity index (χ1) is 28.4. The van der Waals surface area contributed by atoms with Crippen molar-refractivity contribution in [2.24, 2.45) is 0 Å². The van der Waals surface area contributed by atoms with Crippen molar-refractivity contribution < 1.29 is 32.6 Å². The molecule has 1 fully saturated rings. The number of aryl methyl sites for hydroxylation is 1. The number of fused-ring (bicyclic) bond motifs is 2. The number of hydrogen-bond acceptors (Lipinski definition) is 12. The highest BCUT2D eigenvalue weighted by molar-refractivity contribution is 7.19. The molecule has 2 aromatic carbocycles. The summed E-state index contributed by atoms with van der Waals surface area (Å²) < 4.78 is 37.9. The number of likely N-dealkylation sites (tertiary alicyclic amines) is 1. The lowest BCUT2D eigenvalue weighted by atomic mass is 9.81. The van der Waals surface area contributed by atoms with Gasteiger partial charge in [0, 0.05) is 34.6 Å². The number of carbonyl (C=O) groups excluding carboxylic acids is 2. The largest absolute Gasteiger partial charge is 0.496 e. The monoisotopic (exact) mass is 822 g/mol. The van der Waals surface area contributed by atoms with Gasteiger partial charge in [-0.15, -0.1) is 16.4 Å². The van der Waals surface area contributed by atoms with E-state index in [1.54, 1.807) is 37.3 Å². The summed E-state index contributed by atoms with van der Waals surface area (Å²) in [5.41, 5.74) is 4.30. The summed E-state index contributed by atoms with van der Waals surface area (Å²) in [6, 6.07) is 15.7. The Labute approximate surface area is 344 Å². The Morgan fingerprint density at radius 2 is 1.92 bits per heavy atom. The third-order valence-electron chi connectivity index (χ3n) is 10.9. The normalized spacial score (nSPS) is 19.2. The van der Waals surface area contributed by atoms with Gasteiger partial charge in [-0.2, -0.15) is 0 Å². The summed E-state index contributed by atoms with van der Waals surface area (Å²) in [4.78, 5) is 48.2. The second kappa shape index (κ2) is 16.4. The molecule has 3 aliphatic rings. The number of H-pyrrole nitrogens is 1. The number of thiophene rings is 1. The van der Waals surface area contributed by atoms with Crippen LogP contribution in [-0.2, 0) is 27.1 Å². The predicted octanol–water partition coefficient (Wildman–Crippen LogP) is 8.17. The standard InChI is InChI=1S/C44H47FN6O7S/c1-6-56-41(52)36-35(33-23-25-20-21-46-39(38(25)59-33)48-29-19-17-28-27(29)9-7-11-32(28)55-5)34(40-49-50-42(53)57-40)30(18-14-24-12-15-26(45)16-13-24)47-37(36)31-10-8-22-51(31)43(54)58-44(2,3)4/h7,9,11-13,15-16,20-21,23,29,31,35,47H,6,8,10,14,17-19,22H2,1-5H3,(H,46,48)(H,50,53)/t29-,31-,35?/m1/s1. The van der Waals surface area contributed by atoms with Crippen LogP contribution in [0.1, 0.15) is 92.8 Å². The van der Waals surface area contributed by atoms with E-state index in [0.717, 1.165) is 44.7 Å². The molecule has 1 unspecified atom stereocenters. The van der Waals surface area contributed by atoms with Crippen LogP contribution in [0.2, 0.25) is 0 Å². The molecule has 3 N–H and O–H groups in total. The molecule has 8 rings (SSSR count). The van der Waals surface area contributed by atoms with Gasteiger partial charge in [-0.1, -0.05) is 24.3 Å². The number of halogens is 1. The molecule has 5 aromatic rings. The first-order valence-electron chi connectivity index (χ1n) is 19.9. The van der Waals surface area contributed by atoms with E-state index < -0.39 is 35.4 Å². The van der Waals surface area contributed by atoms with E-state index >= 15 is 0 Å². The molecule has 1 saturated heterocycles. The van der Waals surface area contributed by atoms with E-state index in [1.807, 2.05) is 45.0 Å². The van der Waals surface area contributed by atoms with E-state index in [4.69, 9.17) is 23.6 Å². The van der Waals surface area contributed by atoms with Gasteiger partial charge in [-0.25, -0.2) is 28.9 Å². The fraction of sp³-hybridized carbons (Fsp3) is 0.386. The number of ether oxygens (including phenoxy) is 3. The zero-order valence-electron chi connectivity index (χ0n) is 33.6. The average molecular weight is 823 g/mol. The van der Waals surface area contributed by atoms with Gasteiger partial charge in [0.15, 0.2) is 0 Å². The molecule has 308 valence electrons. The maximum Gasteiger partial charge on any atom is 0.434 e. The lowest BCUT2D eigenvalue weighted by Crippen LogP contribution is -2.45. The van der Waals surface area contributed by atoms with E-state index in [9.17, 15) is 18.8 Å². The first-order valence-corrected chi connectivity index (χ1v) is 20.8. The van der Waals surface area contributed by atoms with E-state index in [1.165, 1.54) is 29.0 Å². The van der Waals surface area contributed by atoms with Gasteiger partial charge in [0.25, 0.3) is 0 Å². The quantitative estimate of drug-likeness (QED) is 0.110. The van der Waals surface area contributed by atoms with Crippen LogP contribution in [0.5, 0.6) is 5.75 Å². The minimum absolute atomic E-state index is 0.00252. The van der Waals surface area contributed by atoms with Gasteiger partial charge in [-0.3, -0.25) is 4.90 Å². The minimum Gasteiger partial charge on any atom is -0.496 e. The molecule has 3 aromatic heterocycles. The van der Waals surface area contributed by atoms with Gasteiger partial charge in [0.2, 0.25) is 5.89 Å². The molecule has 0 radical (unpaired) electrons. The number of dihydropyridines is 1. The van der Waals surface area contributed by atoms with Crippen molar-refractivity contribution in [3.8, 4) is 5.75 Å². The highest BCUT2D eigenvalue weighted by Crippen LogP contribution is 2.50. The van der Waals surface area contributed by atoms with E-state index in [-0.39, 0.29) is 29.9 Å². The molecule has 0 bridgehead atoms. The van der Waals surface area contributed by atoms with Crippen LogP contribution < -0.4 is 21.1 Å². The van der Waals surface area contributed by atoms with Gasteiger partial charge < -0.3 is 29.3 Å². The Bertz CT molecular complexity index is 2520. The van der Waals surface area contributed by atoms with Crippen LogP contribution in [-0.4, -0.2) is 64.0 Å². The highest BCUT2D eigenvalue weighted by Gasteiger charge is 2.45. The van der Waals surface area contributed by atoms with Crippen LogP contribution in [0.4, 0.5) is 15.0 Å². The number of pyridine rings is 1. The molecule has 3 atom stereocenters. The Kier molecular flexibility index (Phi) is 11.0. The molecule has 59 heavy (non-hydrogen) atoms. The average Bonchev–Trinajstić information content (AvgIpc) is 4.03. The van der Waals surface area contributed by atoms with E-state index in [0.29, 0.717) is 55.0 Å². The van der Waals surface area contributed by atoms with Gasteiger partial charge >= 0.3 is 17.8 Å². The van der Waals surface area contributed by atoms with Crippen LogP contribution in [0.3, 0.4) is 0 Å². The van der Waals surface area contributed by atoms with Crippen LogP contribution >= 0.6 is 11.3 Å². The smallest absolute Gasteiger partial charge is 0.434 e. The zero-order valence-corrected chi connectivity index (χ0v) is 34.5. The Morgan fingerprint density at radius 3 is 2.64 bits per heavy atom. The summed E-state index contributed by atoms with van der Waals surface area (Å²) in [5.74, 6) is -0.996. The summed E-state index contributed by atoms with van der Waals surface area (Å²) in [5, 5.41) is 14.9. The summed E-state index contributed by atoms with van der Waals surface area (Å²) in [6.45, 7) is 7.70. The SMILES string of the molecule is CCOC(=O)C1=C([C@H]2CCCN2C(=O)OC(C)(C)C)NC(CCc2ccc(F)cc2)=C(c2n[nH]c(=O)o2)C1c1cc2ccnc(N[C@@H]3CCc4c(OC)cccc43)c2s1. The highest BCUT2D eigenvalue weighted by atomic mass is 32.1. The predicted molar refractivity (Wildman–Crippen MR) is 222 cm³/mol. The Balaban J connectivity index is 1.30. The first kappa shape index (κ1) is 39.8. The number of carbonyl (C=O) groups is 2. The number of methoxy groups -OCH3 is 1. The molecule has 1 amide bonds. The molecule has 15 heteroatoms. The van der Waals surface area contributed by atoms with Crippen LogP contribution in [0.15, 0.2) is 87.0 Å². The number of aromatic nitrogens is 3. The number of rotatable bonds is 11. The number of nitrogens with zero attached hydrogens (tertiary/aromatic N) is 3. The number of aromatic amines is 1. The Morgan fingerprint density at radius 1 is 1.10 bits per heavy atom. The second-order valence-electron chi connectivity index (χ2n) is 15.9. The number of hydrogen-bond donors (Lipinski definition) is 3. The molecule has 5 heterocycles. The summed E-state index contributed by atoms with van der Waals surface area (Å²) >= 11 is 1.47. The van der Waals surface area contributed by atoms with Crippen molar-refractivity contribution in [2.45, 2.75) is 89.8 Å². The maximum absolute atomic E-state index is 14.6. The molecular formula is C44H47FN6O7S. The number of nitrogens with one attached hydrogen (secondary N) is 3. The summed E-state index contributed by atoms with van der Waals surface area (Å²) in [6.07, 6.45) is 5.03. The fourth-order valence-corrected chi connectivity index (χ4v) is 9.66. The van der Waals surface area contributed by atoms with Crippen molar-refractivity contribution in [2.75, 3.05) is 25.6 Å². The van der Waals surface area contributed by atoms with Gasteiger partial charge in [-0.05, 0) is 119 Å². The molecule has 0 spiro atoms. The lowest BCUT2D eigenvalue weighted by molar-refractivity contribution is -0.138. The second-order valence-corrected chi connectivity index (χ2v) is 16.9. The zero-order chi connectivity index (χ0) is 41.4. The molecule has 2 aliphatic heterocycles. The molecule has 13 nitrogen and oxygen atoms in total. The fourth-order valence-electron chi connectivity index (χ4n) is 8.43. The number of esters is 1. The topological polar surface area (TPSA) is 161 Å². The number of anilines is 1. The van der Waals surface area contributed by atoms with Gasteiger partial charge in [0.1, 0.15) is 23.0 Å². The van der Waals surface area contributed by atoms with Crippen molar-refractivity contribution in [3.63, 3.8) is 0 Å². The molecule has 0 saturated carbocycles. The third kappa shape index (κ3) is 8.07. The number of amides is 1. The van der Waals surface area contributed by atoms with Gasteiger partial charge in [0.05, 0.1) is 42.0 Å². The number of benzene rings is 2.